The van der Waals surface area contributed by atoms with Crippen LogP contribution in [-0.2, 0) is 21.2 Å². The average molecular weight is 341 g/mol. The summed E-state index contributed by atoms with van der Waals surface area (Å²) in [5.74, 6) is -4.32. The highest BCUT2D eigenvalue weighted by Gasteiger charge is 2.41. The van der Waals surface area contributed by atoms with E-state index in [9.17, 15) is 26.0 Å². The second-order valence-electron chi connectivity index (χ2n) is 4.88. The molecule has 0 fully saturated rings. The zero-order valence-corrected chi connectivity index (χ0v) is 12.3. The third kappa shape index (κ3) is 3.70. The number of benzene rings is 1. The van der Waals surface area contributed by atoms with Crippen molar-refractivity contribution in [2.24, 2.45) is 0 Å². The van der Waals surface area contributed by atoms with Crippen LogP contribution in [0.15, 0.2) is 24.3 Å². The van der Waals surface area contributed by atoms with Crippen LogP contribution >= 0.6 is 0 Å². The number of hydrogen-bond acceptors (Lipinski definition) is 3. The Hall–Kier alpha value is -1.35. The van der Waals surface area contributed by atoms with Gasteiger partial charge in [0.1, 0.15) is 6.61 Å². The van der Waals surface area contributed by atoms with Gasteiger partial charge < -0.3 is 4.74 Å². The first-order valence-electron chi connectivity index (χ1n) is 6.56. The van der Waals surface area contributed by atoms with Crippen molar-refractivity contribution in [2.75, 3.05) is 29.8 Å². The molecule has 0 spiro atoms. The fourth-order valence-corrected chi connectivity index (χ4v) is 3.67. The smallest absolute Gasteiger partial charge is 0.330 e. The molecule has 0 N–H and O–H groups in total. The maximum Gasteiger partial charge on any atom is 0.330 e. The third-order valence-corrected chi connectivity index (χ3v) is 5.05. The van der Waals surface area contributed by atoms with Gasteiger partial charge in [-0.25, -0.2) is 17.2 Å². The number of halogens is 4. The topological polar surface area (TPSA) is 46.6 Å². The number of hydrogen-bond donors (Lipinski definition) is 0. The van der Waals surface area contributed by atoms with Crippen molar-refractivity contribution < 1.29 is 30.7 Å². The highest BCUT2D eigenvalue weighted by atomic mass is 32.2. The van der Waals surface area contributed by atoms with E-state index in [1.165, 1.54) is 0 Å². The monoisotopic (exact) mass is 341 g/mol. The van der Waals surface area contributed by atoms with Crippen LogP contribution in [0.3, 0.4) is 0 Å². The van der Waals surface area contributed by atoms with E-state index < -0.39 is 35.6 Å². The number of alkyl halides is 4. The summed E-state index contributed by atoms with van der Waals surface area (Å²) in [6.45, 7) is -2.03. The van der Waals surface area contributed by atoms with E-state index in [-0.39, 0.29) is 12.3 Å². The van der Waals surface area contributed by atoms with Crippen molar-refractivity contribution in [3.8, 4) is 0 Å². The van der Waals surface area contributed by atoms with Crippen LogP contribution in [0.1, 0.15) is 5.56 Å². The fourth-order valence-electron chi connectivity index (χ4n) is 2.14. The Morgan fingerprint density at radius 2 is 1.95 bits per heavy atom. The zero-order valence-electron chi connectivity index (χ0n) is 11.5. The lowest BCUT2D eigenvalue weighted by molar-refractivity contribution is -0.165. The zero-order chi connectivity index (χ0) is 16.4. The Morgan fingerprint density at radius 1 is 1.27 bits per heavy atom. The van der Waals surface area contributed by atoms with Crippen LogP contribution in [0, 0.1) is 0 Å². The van der Waals surface area contributed by atoms with Crippen molar-refractivity contribution >= 4 is 15.7 Å². The first-order valence-corrected chi connectivity index (χ1v) is 8.17. The molecule has 0 saturated heterocycles. The lowest BCUT2D eigenvalue weighted by Crippen LogP contribution is -2.40. The molecule has 4 nitrogen and oxygen atoms in total. The molecule has 0 amide bonds. The molecular weight excluding hydrogens is 326 g/mol. The number of fused-ring (bicyclic) bond motifs is 1. The SMILES string of the molecule is O=S1(=O)CCc2ccccc2N1CCOCC(F)(F)C(F)F. The number of rotatable bonds is 6. The van der Waals surface area contributed by atoms with Crippen LogP contribution in [0.25, 0.3) is 0 Å². The standard InChI is InChI=1S/C13H15F4NO3S/c14-12(15)13(16,17)9-21-7-6-18-11-4-2-1-3-10(11)5-8-22(18,19)20/h1-4,12H,5-9H2. The van der Waals surface area contributed by atoms with Gasteiger partial charge in [-0.1, -0.05) is 18.2 Å². The minimum Gasteiger partial charge on any atom is -0.373 e. The maximum atomic E-state index is 12.7. The molecule has 22 heavy (non-hydrogen) atoms. The summed E-state index contributed by atoms with van der Waals surface area (Å²) < 4.78 is 79.1. The maximum absolute atomic E-state index is 12.7. The molecule has 1 aromatic carbocycles. The number of para-hydroxylation sites is 1. The van der Waals surface area contributed by atoms with E-state index in [1.807, 2.05) is 0 Å². The van der Waals surface area contributed by atoms with Crippen LogP contribution < -0.4 is 4.31 Å². The lowest BCUT2D eigenvalue weighted by Gasteiger charge is -2.30. The van der Waals surface area contributed by atoms with Crippen LogP contribution in [0.5, 0.6) is 0 Å². The fraction of sp³-hybridized carbons (Fsp3) is 0.538. The van der Waals surface area contributed by atoms with E-state index in [0.29, 0.717) is 12.1 Å². The van der Waals surface area contributed by atoms with Gasteiger partial charge in [0.2, 0.25) is 10.0 Å². The molecule has 0 aliphatic carbocycles. The second-order valence-corrected chi connectivity index (χ2v) is 6.89. The van der Waals surface area contributed by atoms with Crippen molar-refractivity contribution in [1.82, 2.24) is 0 Å². The van der Waals surface area contributed by atoms with Crippen molar-refractivity contribution in [3.05, 3.63) is 29.8 Å². The molecule has 1 aromatic rings. The Bertz CT molecular complexity index is 621. The van der Waals surface area contributed by atoms with Crippen LogP contribution in [-0.4, -0.2) is 46.3 Å². The molecule has 0 saturated carbocycles. The summed E-state index contributed by atoms with van der Waals surface area (Å²) in [5, 5.41) is 0. The van der Waals surface area contributed by atoms with Crippen LogP contribution in [0.4, 0.5) is 23.2 Å². The first kappa shape index (κ1) is 17.0. The van der Waals surface area contributed by atoms with Crippen molar-refractivity contribution in [2.45, 2.75) is 18.8 Å². The van der Waals surface area contributed by atoms with E-state index in [0.717, 1.165) is 9.87 Å². The number of anilines is 1. The number of ether oxygens (including phenoxy) is 1. The largest absolute Gasteiger partial charge is 0.373 e. The van der Waals surface area contributed by atoms with E-state index >= 15 is 0 Å². The summed E-state index contributed by atoms with van der Waals surface area (Å²) >= 11 is 0. The highest BCUT2D eigenvalue weighted by molar-refractivity contribution is 7.92. The summed E-state index contributed by atoms with van der Waals surface area (Å²) in [5.41, 5.74) is 1.30. The van der Waals surface area contributed by atoms with Gasteiger partial charge in [-0.15, -0.1) is 0 Å². The van der Waals surface area contributed by atoms with Gasteiger partial charge in [0.05, 0.1) is 24.6 Å². The molecule has 2 rings (SSSR count). The number of sulfonamides is 1. The minimum absolute atomic E-state index is 0.0861. The van der Waals surface area contributed by atoms with Gasteiger partial charge in [-0.05, 0) is 18.1 Å². The lowest BCUT2D eigenvalue weighted by atomic mass is 10.1. The quantitative estimate of drug-likeness (QED) is 0.589. The molecule has 0 atom stereocenters. The summed E-state index contributed by atoms with van der Waals surface area (Å²) in [7, 11) is -3.55. The Kier molecular flexibility index (Phi) is 4.96. The Labute approximate surface area is 125 Å². The van der Waals surface area contributed by atoms with Gasteiger partial charge in [-0.3, -0.25) is 4.31 Å². The van der Waals surface area contributed by atoms with Gasteiger partial charge in [0, 0.05) is 0 Å². The molecule has 1 heterocycles. The Morgan fingerprint density at radius 3 is 2.64 bits per heavy atom. The molecule has 9 heteroatoms. The molecule has 0 radical (unpaired) electrons. The van der Waals surface area contributed by atoms with E-state index in [1.54, 1.807) is 24.3 Å². The summed E-state index contributed by atoms with van der Waals surface area (Å²) in [6, 6.07) is 6.83. The van der Waals surface area contributed by atoms with Crippen LogP contribution in [0.2, 0.25) is 0 Å². The highest BCUT2D eigenvalue weighted by Crippen LogP contribution is 2.29. The normalized spacial score (nSPS) is 17.6. The molecule has 1 aliphatic heterocycles. The third-order valence-electron chi connectivity index (χ3n) is 3.28. The average Bonchev–Trinajstić information content (AvgIpc) is 2.44. The molecule has 0 aromatic heterocycles. The first-order chi connectivity index (χ1) is 10.2. The Balaban J connectivity index is 2.00. The minimum atomic E-state index is -4.24. The second kappa shape index (κ2) is 6.41. The van der Waals surface area contributed by atoms with Gasteiger partial charge in [-0.2, -0.15) is 8.78 Å². The van der Waals surface area contributed by atoms with Gasteiger partial charge in [0.25, 0.3) is 0 Å². The molecule has 124 valence electrons. The van der Waals surface area contributed by atoms with Gasteiger partial charge in [0.15, 0.2) is 0 Å². The summed E-state index contributed by atoms with van der Waals surface area (Å²) in [4.78, 5) is 0. The van der Waals surface area contributed by atoms with E-state index in [4.69, 9.17) is 0 Å². The number of aryl methyl sites for hydroxylation is 1. The molecule has 0 bridgehead atoms. The predicted molar refractivity (Wildman–Crippen MR) is 73.0 cm³/mol. The molecule has 1 aliphatic rings. The predicted octanol–water partition coefficient (Wildman–Crippen LogP) is 2.30. The summed E-state index contributed by atoms with van der Waals surface area (Å²) in [6.07, 6.45) is -3.44. The van der Waals surface area contributed by atoms with E-state index in [2.05, 4.69) is 4.74 Å². The van der Waals surface area contributed by atoms with Gasteiger partial charge >= 0.3 is 12.3 Å². The van der Waals surface area contributed by atoms with Crippen molar-refractivity contribution in [1.29, 1.82) is 0 Å². The van der Waals surface area contributed by atoms with Crippen molar-refractivity contribution in [3.63, 3.8) is 0 Å². The number of nitrogens with zero attached hydrogens (tertiary/aromatic N) is 1. The molecule has 0 unspecified atom stereocenters. The molecular formula is C13H15F4NO3S.